The van der Waals surface area contributed by atoms with Crippen LogP contribution in [0.25, 0.3) is 0 Å². The van der Waals surface area contributed by atoms with Gasteiger partial charge in [0.15, 0.2) is 6.04 Å². The van der Waals surface area contributed by atoms with Crippen molar-refractivity contribution in [1.29, 1.82) is 0 Å². The molecule has 0 rings (SSSR count). The summed E-state index contributed by atoms with van der Waals surface area (Å²) in [4.78, 5) is 10.7. The Morgan fingerprint density at radius 2 is 2.40 bits per heavy atom. The van der Waals surface area contributed by atoms with Crippen LogP contribution in [0.1, 0.15) is 12.8 Å². The lowest BCUT2D eigenvalue weighted by molar-refractivity contribution is -0.409. The van der Waals surface area contributed by atoms with Gasteiger partial charge in [-0.3, -0.25) is 0 Å². The van der Waals surface area contributed by atoms with E-state index >= 15 is 0 Å². The second kappa shape index (κ2) is 5.20. The monoisotopic (exact) mass is 147 g/mol. The highest BCUT2D eigenvalue weighted by atomic mass is 16.5. The molecule has 5 N–H and O–H groups in total. The van der Waals surface area contributed by atoms with Crippen LogP contribution in [0.15, 0.2) is 0 Å². The van der Waals surface area contributed by atoms with Crippen LogP contribution in [0, 0.1) is 0 Å². The van der Waals surface area contributed by atoms with Crippen molar-refractivity contribution in [2.45, 2.75) is 18.9 Å². The van der Waals surface area contributed by atoms with Gasteiger partial charge >= 0.3 is 5.97 Å². The molecular formula is C6H15N2O2+. The predicted octanol–water partition coefficient (Wildman–Crippen LogP) is -1.49. The Labute approximate surface area is 60.5 Å². The largest absolute Gasteiger partial charge is 0.465 e. The van der Waals surface area contributed by atoms with E-state index in [0.29, 0.717) is 13.0 Å². The molecule has 1 atom stereocenters. The molecule has 4 nitrogen and oxygen atoms in total. The van der Waals surface area contributed by atoms with Crippen molar-refractivity contribution in [3.05, 3.63) is 0 Å². The Morgan fingerprint density at radius 3 is 2.80 bits per heavy atom. The van der Waals surface area contributed by atoms with Crippen molar-refractivity contribution >= 4 is 5.97 Å². The average molecular weight is 147 g/mol. The van der Waals surface area contributed by atoms with Crippen LogP contribution in [0.3, 0.4) is 0 Å². The lowest BCUT2D eigenvalue weighted by Crippen LogP contribution is -2.65. The minimum absolute atomic E-state index is 0.256. The van der Waals surface area contributed by atoms with Crippen LogP contribution < -0.4 is 11.5 Å². The molecule has 0 aliphatic heterocycles. The molecule has 60 valence electrons. The average Bonchev–Trinajstić information content (AvgIpc) is 1.98. The van der Waals surface area contributed by atoms with Gasteiger partial charge < -0.3 is 16.2 Å². The maximum atomic E-state index is 10.7. The molecule has 0 spiro atoms. The molecule has 0 aromatic heterocycles. The number of carbonyl (C=O) groups excluding carboxylic acids is 1. The zero-order valence-electron chi connectivity index (χ0n) is 6.30. The number of nitrogens with two attached hydrogens (primary N) is 1. The number of ether oxygens (including phenoxy) is 1. The van der Waals surface area contributed by atoms with Gasteiger partial charge in [-0.15, -0.1) is 0 Å². The van der Waals surface area contributed by atoms with Crippen LogP contribution in [0.4, 0.5) is 0 Å². The first kappa shape index (κ1) is 9.39. The molecule has 0 heterocycles. The lowest BCUT2D eigenvalue weighted by Gasteiger charge is -2.03. The topological polar surface area (TPSA) is 80.0 Å². The van der Waals surface area contributed by atoms with Gasteiger partial charge in [0.05, 0.1) is 7.11 Å². The highest BCUT2D eigenvalue weighted by molar-refractivity contribution is 5.73. The fraction of sp³-hybridized carbons (Fsp3) is 0.833. The summed E-state index contributed by atoms with van der Waals surface area (Å²) in [5.41, 5.74) is 8.85. The van der Waals surface area contributed by atoms with Crippen LogP contribution in [-0.4, -0.2) is 25.7 Å². The van der Waals surface area contributed by atoms with Gasteiger partial charge in [0.2, 0.25) is 0 Å². The molecule has 0 radical (unpaired) electrons. The van der Waals surface area contributed by atoms with Crippen LogP contribution in [0.2, 0.25) is 0 Å². The van der Waals surface area contributed by atoms with E-state index in [9.17, 15) is 4.79 Å². The van der Waals surface area contributed by atoms with Crippen molar-refractivity contribution in [1.82, 2.24) is 0 Å². The number of quaternary nitrogens is 1. The maximum absolute atomic E-state index is 10.7. The van der Waals surface area contributed by atoms with E-state index in [1.165, 1.54) is 7.11 Å². The number of rotatable bonds is 4. The third kappa shape index (κ3) is 3.42. The molecule has 0 saturated heterocycles. The first-order chi connectivity index (χ1) is 4.72. The molecule has 10 heavy (non-hydrogen) atoms. The van der Waals surface area contributed by atoms with Crippen LogP contribution >= 0.6 is 0 Å². The maximum Gasteiger partial charge on any atom is 0.364 e. The zero-order chi connectivity index (χ0) is 7.98. The van der Waals surface area contributed by atoms with Gasteiger partial charge in [-0.2, -0.15) is 0 Å². The van der Waals surface area contributed by atoms with Gasteiger partial charge in [0.1, 0.15) is 0 Å². The van der Waals surface area contributed by atoms with E-state index in [2.05, 4.69) is 10.5 Å². The molecule has 0 saturated carbocycles. The van der Waals surface area contributed by atoms with Crippen molar-refractivity contribution in [3.63, 3.8) is 0 Å². The first-order valence-corrected chi connectivity index (χ1v) is 3.33. The SMILES string of the molecule is COC(=O)[C@@H]([NH3+])CCCN. The van der Waals surface area contributed by atoms with Gasteiger partial charge in [-0.1, -0.05) is 0 Å². The molecule has 4 heteroatoms. The van der Waals surface area contributed by atoms with Crippen LogP contribution in [-0.2, 0) is 9.53 Å². The van der Waals surface area contributed by atoms with E-state index in [1.54, 1.807) is 0 Å². The van der Waals surface area contributed by atoms with Gasteiger partial charge in [-0.25, -0.2) is 4.79 Å². The van der Waals surface area contributed by atoms with Crippen molar-refractivity contribution < 1.29 is 15.3 Å². The molecular weight excluding hydrogens is 132 g/mol. The number of hydrogen-bond donors (Lipinski definition) is 2. The Kier molecular flexibility index (Phi) is 4.88. The van der Waals surface area contributed by atoms with E-state index in [-0.39, 0.29) is 12.0 Å². The molecule has 0 fully saturated rings. The van der Waals surface area contributed by atoms with E-state index in [4.69, 9.17) is 5.73 Å². The number of hydrogen-bond acceptors (Lipinski definition) is 3. The summed E-state index contributed by atoms with van der Waals surface area (Å²) >= 11 is 0. The first-order valence-electron chi connectivity index (χ1n) is 3.33. The van der Waals surface area contributed by atoms with Crippen molar-refractivity contribution in [3.8, 4) is 0 Å². The Hall–Kier alpha value is -0.610. The summed E-state index contributed by atoms with van der Waals surface area (Å²) in [6.45, 7) is 0.600. The third-order valence-electron chi connectivity index (χ3n) is 1.29. The molecule has 0 aliphatic rings. The minimum atomic E-state index is -0.256. The molecule has 0 aliphatic carbocycles. The molecule has 0 bridgehead atoms. The van der Waals surface area contributed by atoms with Gasteiger partial charge in [0, 0.05) is 6.42 Å². The Balaban J connectivity index is 3.41. The quantitative estimate of drug-likeness (QED) is 0.475. The molecule has 0 aromatic carbocycles. The predicted molar refractivity (Wildman–Crippen MR) is 37.0 cm³/mol. The fourth-order valence-corrected chi connectivity index (χ4v) is 0.649. The second-order valence-electron chi connectivity index (χ2n) is 2.15. The van der Waals surface area contributed by atoms with E-state index in [0.717, 1.165) is 6.42 Å². The summed E-state index contributed by atoms with van der Waals surface area (Å²) in [7, 11) is 1.36. The summed E-state index contributed by atoms with van der Waals surface area (Å²) in [6, 6.07) is -0.256. The Morgan fingerprint density at radius 1 is 1.80 bits per heavy atom. The highest BCUT2D eigenvalue weighted by Gasteiger charge is 2.15. The molecule has 0 aromatic rings. The number of methoxy groups -OCH3 is 1. The van der Waals surface area contributed by atoms with Gasteiger partial charge in [0.25, 0.3) is 0 Å². The standard InChI is InChI=1S/C6H14N2O2/c1-10-6(9)5(8)3-2-4-7/h5H,2-4,7-8H2,1H3/p+1/t5-/m0/s1. The fourth-order valence-electron chi connectivity index (χ4n) is 0.649. The number of carbonyl (C=O) groups is 1. The van der Waals surface area contributed by atoms with Crippen molar-refractivity contribution in [2.75, 3.05) is 13.7 Å². The lowest BCUT2D eigenvalue weighted by atomic mass is 10.2. The third-order valence-corrected chi connectivity index (χ3v) is 1.29. The second-order valence-corrected chi connectivity index (χ2v) is 2.15. The van der Waals surface area contributed by atoms with E-state index < -0.39 is 0 Å². The normalized spacial score (nSPS) is 12.7. The van der Waals surface area contributed by atoms with Gasteiger partial charge in [-0.05, 0) is 13.0 Å². The molecule has 0 unspecified atom stereocenters. The Bertz CT molecular complexity index is 106. The highest BCUT2D eigenvalue weighted by Crippen LogP contribution is 1.91. The van der Waals surface area contributed by atoms with Crippen molar-refractivity contribution in [2.24, 2.45) is 5.73 Å². The smallest absolute Gasteiger partial charge is 0.364 e. The summed E-state index contributed by atoms with van der Waals surface area (Å²) < 4.78 is 4.47. The minimum Gasteiger partial charge on any atom is -0.465 e. The number of esters is 1. The summed E-state index contributed by atoms with van der Waals surface area (Å²) in [6.07, 6.45) is 1.53. The summed E-state index contributed by atoms with van der Waals surface area (Å²) in [5, 5.41) is 0. The van der Waals surface area contributed by atoms with Crippen LogP contribution in [0.5, 0.6) is 0 Å². The van der Waals surface area contributed by atoms with E-state index in [1.807, 2.05) is 0 Å². The summed E-state index contributed by atoms with van der Waals surface area (Å²) in [5.74, 6) is -0.256. The zero-order valence-corrected chi connectivity index (χ0v) is 6.30. The molecule has 0 amide bonds.